The summed E-state index contributed by atoms with van der Waals surface area (Å²) in [6, 6.07) is 0. The van der Waals surface area contributed by atoms with E-state index in [0.717, 1.165) is 5.82 Å². The maximum absolute atomic E-state index is 12.7. The molecule has 0 saturated heterocycles. The van der Waals surface area contributed by atoms with Crippen LogP contribution in [0.5, 0.6) is 0 Å². The first kappa shape index (κ1) is 15.8. The third-order valence-electron chi connectivity index (χ3n) is 3.69. The topological polar surface area (TPSA) is 80.2 Å². The molecule has 0 fully saturated rings. The van der Waals surface area contributed by atoms with Crippen molar-refractivity contribution < 1.29 is 14.3 Å². The van der Waals surface area contributed by atoms with Crippen LogP contribution >= 0.6 is 0 Å². The zero-order chi connectivity index (χ0) is 16.4. The van der Waals surface area contributed by atoms with Crippen molar-refractivity contribution in [3.8, 4) is 0 Å². The maximum atomic E-state index is 12.7. The molecule has 22 heavy (non-hydrogen) atoms. The summed E-state index contributed by atoms with van der Waals surface area (Å²) in [6.07, 6.45) is 3.52. The van der Waals surface area contributed by atoms with Crippen molar-refractivity contribution in [2.24, 2.45) is 7.05 Å². The van der Waals surface area contributed by atoms with E-state index in [0.29, 0.717) is 29.1 Å². The summed E-state index contributed by atoms with van der Waals surface area (Å²) in [4.78, 5) is 33.1. The highest BCUT2D eigenvalue weighted by Crippen LogP contribution is 2.20. The molecule has 118 valence electrons. The van der Waals surface area contributed by atoms with Crippen molar-refractivity contribution >= 4 is 11.9 Å². The van der Waals surface area contributed by atoms with Crippen LogP contribution in [0.2, 0.25) is 0 Å². The number of H-pyrrole nitrogens is 1. The number of aromatic nitrogens is 3. The lowest BCUT2D eigenvalue weighted by molar-refractivity contribution is 0.0594. The van der Waals surface area contributed by atoms with Crippen molar-refractivity contribution in [2.45, 2.75) is 20.4 Å². The lowest BCUT2D eigenvalue weighted by Gasteiger charge is -2.17. The predicted octanol–water partition coefficient (Wildman–Crippen LogP) is 1.42. The lowest BCUT2D eigenvalue weighted by atomic mass is 10.1. The van der Waals surface area contributed by atoms with Crippen molar-refractivity contribution in [1.82, 2.24) is 19.4 Å². The Morgan fingerprint density at radius 1 is 1.41 bits per heavy atom. The SMILES string of the molecule is COC(=O)c1[nH]c(C)c(C(=O)N(C)Cc2nccn2C)c1C. The number of aromatic amines is 1. The Morgan fingerprint density at radius 3 is 2.64 bits per heavy atom. The number of nitrogens with one attached hydrogen (secondary N) is 1. The van der Waals surface area contributed by atoms with Crippen molar-refractivity contribution in [2.75, 3.05) is 14.2 Å². The third kappa shape index (κ3) is 2.74. The standard InChI is InChI=1S/C15H20N4O3/c1-9-12(10(2)17-13(9)15(21)22-5)14(20)19(4)8-11-16-6-7-18(11)3/h6-7,17H,8H2,1-5H3. The molecule has 2 heterocycles. The summed E-state index contributed by atoms with van der Waals surface area (Å²) in [5.74, 6) is 0.144. The fourth-order valence-electron chi connectivity index (χ4n) is 2.40. The van der Waals surface area contributed by atoms with E-state index in [1.54, 1.807) is 32.0 Å². The molecule has 0 atom stereocenters. The van der Waals surface area contributed by atoms with Gasteiger partial charge in [0.05, 0.1) is 19.2 Å². The highest BCUT2D eigenvalue weighted by Gasteiger charge is 2.24. The number of nitrogens with zero attached hydrogens (tertiary/aromatic N) is 3. The fraction of sp³-hybridized carbons (Fsp3) is 0.400. The molecule has 0 bridgehead atoms. The molecule has 0 spiro atoms. The average Bonchev–Trinajstić information content (AvgIpc) is 3.01. The molecule has 1 N–H and O–H groups in total. The minimum atomic E-state index is -0.480. The monoisotopic (exact) mass is 304 g/mol. The molecule has 0 saturated carbocycles. The second-order valence-corrected chi connectivity index (χ2v) is 5.23. The molecule has 1 amide bonds. The Labute approximate surface area is 128 Å². The Hall–Kier alpha value is -2.57. The third-order valence-corrected chi connectivity index (χ3v) is 3.69. The number of esters is 1. The molecule has 0 aliphatic rings. The molecule has 2 aromatic rings. The second-order valence-electron chi connectivity index (χ2n) is 5.23. The first-order valence-corrected chi connectivity index (χ1v) is 6.86. The van der Waals surface area contributed by atoms with E-state index >= 15 is 0 Å². The van der Waals surface area contributed by atoms with Gasteiger partial charge in [-0.3, -0.25) is 4.79 Å². The molecular weight excluding hydrogens is 284 g/mol. The molecule has 0 radical (unpaired) electrons. The number of imidazole rings is 1. The number of rotatable bonds is 4. The zero-order valence-electron chi connectivity index (χ0n) is 13.4. The predicted molar refractivity (Wildman–Crippen MR) is 80.6 cm³/mol. The van der Waals surface area contributed by atoms with Crippen LogP contribution < -0.4 is 0 Å². The number of methoxy groups -OCH3 is 1. The van der Waals surface area contributed by atoms with Gasteiger partial charge in [0.1, 0.15) is 11.5 Å². The summed E-state index contributed by atoms with van der Waals surface area (Å²) in [5, 5.41) is 0. The molecule has 0 unspecified atom stereocenters. The van der Waals surface area contributed by atoms with Crippen LogP contribution in [0.4, 0.5) is 0 Å². The van der Waals surface area contributed by atoms with Gasteiger partial charge in [-0.1, -0.05) is 0 Å². The van der Waals surface area contributed by atoms with Crippen molar-refractivity contribution in [1.29, 1.82) is 0 Å². The smallest absolute Gasteiger partial charge is 0.354 e. The van der Waals surface area contributed by atoms with Gasteiger partial charge in [-0.05, 0) is 19.4 Å². The molecule has 0 aromatic carbocycles. The average molecular weight is 304 g/mol. The Kier molecular flexibility index (Phi) is 4.35. The van der Waals surface area contributed by atoms with Gasteiger partial charge < -0.3 is 19.2 Å². The number of hydrogen-bond acceptors (Lipinski definition) is 4. The highest BCUT2D eigenvalue weighted by atomic mass is 16.5. The summed E-state index contributed by atoms with van der Waals surface area (Å²) < 4.78 is 6.58. The van der Waals surface area contributed by atoms with E-state index in [2.05, 4.69) is 9.97 Å². The molecule has 0 aliphatic heterocycles. The summed E-state index contributed by atoms with van der Waals surface area (Å²) in [5.41, 5.74) is 2.06. The zero-order valence-corrected chi connectivity index (χ0v) is 13.4. The van der Waals surface area contributed by atoms with Crippen LogP contribution in [-0.2, 0) is 18.3 Å². The van der Waals surface area contributed by atoms with E-state index in [4.69, 9.17) is 4.74 Å². The molecule has 2 aromatic heterocycles. The number of hydrogen-bond donors (Lipinski definition) is 1. The van der Waals surface area contributed by atoms with E-state index in [1.165, 1.54) is 7.11 Å². The maximum Gasteiger partial charge on any atom is 0.354 e. The van der Waals surface area contributed by atoms with Gasteiger partial charge in [-0.2, -0.15) is 0 Å². The van der Waals surface area contributed by atoms with Gasteiger partial charge in [0, 0.05) is 32.2 Å². The van der Waals surface area contributed by atoms with Gasteiger partial charge in [-0.15, -0.1) is 0 Å². The summed E-state index contributed by atoms with van der Waals surface area (Å²) in [6.45, 7) is 3.89. The minimum Gasteiger partial charge on any atom is -0.464 e. The lowest BCUT2D eigenvalue weighted by Crippen LogP contribution is -2.28. The normalized spacial score (nSPS) is 10.6. The number of amides is 1. The number of ether oxygens (including phenoxy) is 1. The number of aryl methyl sites for hydroxylation is 2. The summed E-state index contributed by atoms with van der Waals surface area (Å²) in [7, 11) is 4.90. The van der Waals surface area contributed by atoms with Gasteiger partial charge in [0.25, 0.3) is 5.91 Å². The molecule has 2 rings (SSSR count). The summed E-state index contributed by atoms with van der Waals surface area (Å²) >= 11 is 0. The van der Waals surface area contributed by atoms with E-state index in [-0.39, 0.29) is 5.91 Å². The number of carbonyl (C=O) groups excluding carboxylic acids is 2. The Bertz CT molecular complexity index is 714. The first-order valence-electron chi connectivity index (χ1n) is 6.86. The second kappa shape index (κ2) is 6.05. The molecule has 0 aliphatic carbocycles. The van der Waals surface area contributed by atoms with Crippen LogP contribution in [0, 0.1) is 13.8 Å². The van der Waals surface area contributed by atoms with Crippen molar-refractivity contribution in [3.05, 3.63) is 40.7 Å². The largest absolute Gasteiger partial charge is 0.464 e. The molecule has 7 heteroatoms. The highest BCUT2D eigenvalue weighted by molar-refractivity contribution is 6.01. The van der Waals surface area contributed by atoms with Crippen LogP contribution in [0.25, 0.3) is 0 Å². The first-order chi connectivity index (χ1) is 10.4. The Balaban J connectivity index is 2.27. The van der Waals surface area contributed by atoms with Gasteiger partial charge in [-0.25, -0.2) is 9.78 Å². The van der Waals surface area contributed by atoms with Gasteiger partial charge in [0.2, 0.25) is 0 Å². The minimum absolute atomic E-state index is 0.163. The van der Waals surface area contributed by atoms with Crippen molar-refractivity contribution in [3.63, 3.8) is 0 Å². The number of carbonyl (C=O) groups is 2. The quantitative estimate of drug-likeness (QED) is 0.866. The Morgan fingerprint density at radius 2 is 2.09 bits per heavy atom. The van der Waals surface area contributed by atoms with Gasteiger partial charge in [0.15, 0.2) is 0 Å². The van der Waals surface area contributed by atoms with E-state index in [1.807, 2.05) is 17.8 Å². The van der Waals surface area contributed by atoms with E-state index < -0.39 is 5.97 Å². The van der Waals surface area contributed by atoms with Crippen LogP contribution in [0.3, 0.4) is 0 Å². The van der Waals surface area contributed by atoms with Crippen LogP contribution in [0.1, 0.15) is 37.9 Å². The van der Waals surface area contributed by atoms with E-state index in [9.17, 15) is 9.59 Å². The molecular formula is C15H20N4O3. The fourth-order valence-corrected chi connectivity index (χ4v) is 2.40. The molecule has 7 nitrogen and oxygen atoms in total. The van der Waals surface area contributed by atoms with Gasteiger partial charge >= 0.3 is 5.97 Å². The van der Waals surface area contributed by atoms with Crippen LogP contribution in [-0.4, -0.2) is 45.5 Å². The van der Waals surface area contributed by atoms with Crippen LogP contribution in [0.15, 0.2) is 12.4 Å².